The van der Waals surface area contributed by atoms with Crippen molar-refractivity contribution < 1.29 is 9.47 Å². The summed E-state index contributed by atoms with van der Waals surface area (Å²) in [4.78, 5) is 4.68. The fraction of sp³-hybridized carbons (Fsp3) is 0.235. The van der Waals surface area contributed by atoms with Gasteiger partial charge in [-0.15, -0.1) is 0 Å². The molecule has 0 aliphatic heterocycles. The van der Waals surface area contributed by atoms with Crippen LogP contribution in [0.1, 0.15) is 18.1 Å². The molecular formula is C17H19NO2. The lowest BCUT2D eigenvalue weighted by Crippen LogP contribution is -1.94. The van der Waals surface area contributed by atoms with Crippen molar-refractivity contribution in [2.75, 3.05) is 14.2 Å². The van der Waals surface area contributed by atoms with Gasteiger partial charge in [0.15, 0.2) is 0 Å². The zero-order valence-electron chi connectivity index (χ0n) is 12.3. The number of rotatable bonds is 4. The van der Waals surface area contributed by atoms with E-state index in [1.807, 2.05) is 56.3 Å². The number of ether oxygens (including phenoxy) is 2. The van der Waals surface area contributed by atoms with Gasteiger partial charge >= 0.3 is 0 Å². The summed E-state index contributed by atoms with van der Waals surface area (Å²) in [5.41, 5.74) is 4.11. The average Bonchev–Trinajstić information content (AvgIpc) is 2.49. The van der Waals surface area contributed by atoms with E-state index < -0.39 is 0 Å². The molecule has 0 saturated heterocycles. The summed E-state index contributed by atoms with van der Waals surface area (Å²) in [5.74, 6) is 1.70. The molecule has 0 saturated carbocycles. The first-order chi connectivity index (χ1) is 9.63. The Morgan fingerprint density at radius 1 is 0.900 bits per heavy atom. The number of benzene rings is 2. The van der Waals surface area contributed by atoms with Crippen LogP contribution in [0.25, 0.3) is 0 Å². The molecule has 0 aromatic heterocycles. The molecule has 3 nitrogen and oxygen atoms in total. The fourth-order valence-electron chi connectivity index (χ4n) is 1.96. The molecule has 0 N–H and O–H groups in total. The zero-order valence-corrected chi connectivity index (χ0v) is 12.3. The second-order valence-corrected chi connectivity index (χ2v) is 4.58. The first-order valence-corrected chi connectivity index (χ1v) is 6.48. The van der Waals surface area contributed by atoms with Crippen LogP contribution in [0.2, 0.25) is 0 Å². The Balaban J connectivity index is 2.29. The van der Waals surface area contributed by atoms with Crippen molar-refractivity contribution in [3.63, 3.8) is 0 Å². The van der Waals surface area contributed by atoms with Crippen molar-refractivity contribution in [3.05, 3.63) is 53.6 Å². The third-order valence-corrected chi connectivity index (χ3v) is 3.20. The molecule has 2 rings (SSSR count). The van der Waals surface area contributed by atoms with Crippen LogP contribution in [0.5, 0.6) is 11.5 Å². The summed E-state index contributed by atoms with van der Waals surface area (Å²) in [5, 5.41) is 0. The highest BCUT2D eigenvalue weighted by molar-refractivity contribution is 6.00. The maximum atomic E-state index is 5.20. The van der Waals surface area contributed by atoms with Gasteiger partial charge in [0, 0.05) is 5.71 Å². The van der Waals surface area contributed by atoms with Crippen LogP contribution in [-0.4, -0.2) is 19.9 Å². The van der Waals surface area contributed by atoms with Crippen molar-refractivity contribution in [2.45, 2.75) is 13.8 Å². The van der Waals surface area contributed by atoms with Gasteiger partial charge in [0.05, 0.1) is 19.9 Å². The Labute approximate surface area is 119 Å². The second kappa shape index (κ2) is 6.24. The van der Waals surface area contributed by atoms with Crippen molar-refractivity contribution in [1.29, 1.82) is 0 Å². The molecular weight excluding hydrogens is 250 g/mol. The van der Waals surface area contributed by atoms with Gasteiger partial charge in [-0.1, -0.05) is 0 Å². The minimum absolute atomic E-state index is 0.849. The van der Waals surface area contributed by atoms with Crippen LogP contribution in [0.4, 0.5) is 5.69 Å². The predicted octanol–water partition coefficient (Wildman–Crippen LogP) is 4.15. The lowest BCUT2D eigenvalue weighted by atomic mass is 10.1. The predicted molar refractivity (Wildman–Crippen MR) is 82.6 cm³/mol. The molecule has 3 heteroatoms. The Kier molecular flexibility index (Phi) is 4.41. The van der Waals surface area contributed by atoms with Gasteiger partial charge in [0.1, 0.15) is 11.5 Å². The molecule has 2 aromatic carbocycles. The summed E-state index contributed by atoms with van der Waals surface area (Å²) in [6, 6.07) is 13.8. The van der Waals surface area contributed by atoms with Gasteiger partial charge in [-0.3, -0.25) is 4.99 Å². The van der Waals surface area contributed by atoms with Crippen LogP contribution < -0.4 is 9.47 Å². The summed E-state index contributed by atoms with van der Waals surface area (Å²) < 4.78 is 10.4. The van der Waals surface area contributed by atoms with Gasteiger partial charge in [0.2, 0.25) is 0 Å². The van der Waals surface area contributed by atoms with Crippen molar-refractivity contribution in [2.24, 2.45) is 4.99 Å². The molecule has 0 radical (unpaired) electrons. The molecule has 0 bridgehead atoms. The standard InChI is InChI=1S/C17H19NO2/c1-12-11-16(20-4)9-10-17(12)18-13(2)14-5-7-15(19-3)8-6-14/h5-11H,1-4H3. The zero-order chi connectivity index (χ0) is 14.5. The van der Waals surface area contributed by atoms with E-state index >= 15 is 0 Å². The Morgan fingerprint density at radius 3 is 2.05 bits per heavy atom. The third-order valence-electron chi connectivity index (χ3n) is 3.20. The van der Waals surface area contributed by atoms with Crippen molar-refractivity contribution in [3.8, 4) is 11.5 Å². The van der Waals surface area contributed by atoms with E-state index in [0.717, 1.165) is 34.0 Å². The van der Waals surface area contributed by atoms with Gasteiger partial charge < -0.3 is 9.47 Å². The second-order valence-electron chi connectivity index (χ2n) is 4.58. The summed E-state index contributed by atoms with van der Waals surface area (Å²) in [6.45, 7) is 4.04. The normalized spacial score (nSPS) is 11.3. The molecule has 104 valence electrons. The number of aryl methyl sites for hydroxylation is 1. The fourth-order valence-corrected chi connectivity index (χ4v) is 1.96. The molecule has 0 aliphatic carbocycles. The minimum atomic E-state index is 0.849. The summed E-state index contributed by atoms with van der Waals surface area (Å²) in [7, 11) is 3.33. The number of hydrogen-bond donors (Lipinski definition) is 0. The monoisotopic (exact) mass is 269 g/mol. The van der Waals surface area contributed by atoms with Gasteiger partial charge in [-0.2, -0.15) is 0 Å². The Hall–Kier alpha value is -2.29. The summed E-state index contributed by atoms with van der Waals surface area (Å²) in [6.07, 6.45) is 0. The molecule has 0 spiro atoms. The number of aliphatic imine (C=N–C) groups is 1. The largest absolute Gasteiger partial charge is 0.497 e. The van der Waals surface area contributed by atoms with Crippen LogP contribution in [-0.2, 0) is 0 Å². The van der Waals surface area contributed by atoms with Crippen LogP contribution in [0.15, 0.2) is 47.5 Å². The van der Waals surface area contributed by atoms with E-state index in [0.29, 0.717) is 0 Å². The molecule has 2 aromatic rings. The molecule has 0 atom stereocenters. The van der Waals surface area contributed by atoms with E-state index in [9.17, 15) is 0 Å². The van der Waals surface area contributed by atoms with Crippen molar-refractivity contribution >= 4 is 11.4 Å². The topological polar surface area (TPSA) is 30.8 Å². The SMILES string of the molecule is COc1ccc(C(C)=Nc2ccc(OC)cc2C)cc1. The molecule has 0 heterocycles. The third kappa shape index (κ3) is 3.18. The molecule has 0 amide bonds. The van der Waals surface area contributed by atoms with E-state index in [2.05, 4.69) is 4.99 Å². The highest BCUT2D eigenvalue weighted by Crippen LogP contribution is 2.24. The maximum absolute atomic E-state index is 5.20. The molecule has 0 aliphatic rings. The average molecular weight is 269 g/mol. The summed E-state index contributed by atoms with van der Waals surface area (Å²) >= 11 is 0. The smallest absolute Gasteiger partial charge is 0.119 e. The lowest BCUT2D eigenvalue weighted by molar-refractivity contribution is 0.414. The van der Waals surface area contributed by atoms with Crippen LogP contribution in [0, 0.1) is 6.92 Å². The van der Waals surface area contributed by atoms with E-state index in [-0.39, 0.29) is 0 Å². The molecule has 20 heavy (non-hydrogen) atoms. The van der Waals surface area contributed by atoms with Gasteiger partial charge in [-0.25, -0.2) is 0 Å². The minimum Gasteiger partial charge on any atom is -0.497 e. The number of nitrogens with zero attached hydrogens (tertiary/aromatic N) is 1. The quantitative estimate of drug-likeness (QED) is 0.780. The lowest BCUT2D eigenvalue weighted by Gasteiger charge is -2.07. The van der Waals surface area contributed by atoms with Crippen LogP contribution in [0.3, 0.4) is 0 Å². The van der Waals surface area contributed by atoms with Gasteiger partial charge in [0.25, 0.3) is 0 Å². The van der Waals surface area contributed by atoms with Crippen LogP contribution >= 0.6 is 0 Å². The van der Waals surface area contributed by atoms with E-state index in [1.165, 1.54) is 0 Å². The number of hydrogen-bond acceptors (Lipinski definition) is 3. The van der Waals surface area contributed by atoms with E-state index in [1.54, 1.807) is 14.2 Å². The maximum Gasteiger partial charge on any atom is 0.119 e. The highest BCUT2D eigenvalue weighted by atomic mass is 16.5. The molecule has 0 unspecified atom stereocenters. The van der Waals surface area contributed by atoms with Gasteiger partial charge in [-0.05, 0) is 67.4 Å². The molecule has 0 fully saturated rings. The first kappa shape index (κ1) is 14.1. The highest BCUT2D eigenvalue weighted by Gasteiger charge is 2.02. The Bertz CT molecular complexity index is 615. The Morgan fingerprint density at radius 2 is 1.50 bits per heavy atom. The number of methoxy groups -OCH3 is 2. The van der Waals surface area contributed by atoms with Crippen molar-refractivity contribution in [1.82, 2.24) is 0 Å². The first-order valence-electron chi connectivity index (χ1n) is 6.48. The van der Waals surface area contributed by atoms with E-state index in [4.69, 9.17) is 9.47 Å².